The summed E-state index contributed by atoms with van der Waals surface area (Å²) < 4.78 is 21.8. The SMILES string of the molecule is CC(=O)c1cc(=O)c2c(OCC(O)COc3cccc4oc(C(=O)O)cc(=O)c34)cccc2o1. The van der Waals surface area contributed by atoms with E-state index in [4.69, 9.17) is 23.4 Å². The number of ketones is 1. The molecule has 0 saturated heterocycles. The lowest BCUT2D eigenvalue weighted by Gasteiger charge is -2.15. The largest absolute Gasteiger partial charge is 0.490 e. The number of fused-ring (bicyclic) bond motifs is 2. The molecule has 2 aromatic heterocycles. The van der Waals surface area contributed by atoms with Crippen LogP contribution in [0.2, 0.25) is 0 Å². The highest BCUT2D eigenvalue weighted by Crippen LogP contribution is 2.25. The Bertz CT molecular complexity index is 1410. The van der Waals surface area contributed by atoms with E-state index < -0.39 is 28.7 Å². The molecule has 4 rings (SSSR count). The molecule has 0 aliphatic rings. The van der Waals surface area contributed by atoms with Gasteiger partial charge in [0.1, 0.15) is 52.8 Å². The second-order valence-electron chi connectivity index (χ2n) is 7.35. The number of carboxylic acid groups (broad SMARTS) is 1. The molecule has 0 spiro atoms. The molecule has 0 saturated carbocycles. The van der Waals surface area contributed by atoms with Crippen LogP contribution in [-0.2, 0) is 0 Å². The highest BCUT2D eigenvalue weighted by Gasteiger charge is 2.17. The third-order valence-electron chi connectivity index (χ3n) is 4.85. The first-order valence-electron chi connectivity index (χ1n) is 10.1. The van der Waals surface area contributed by atoms with Gasteiger partial charge in [0.15, 0.2) is 22.4 Å². The summed E-state index contributed by atoms with van der Waals surface area (Å²) in [5, 5.41) is 19.5. The molecule has 10 heteroatoms. The molecule has 2 aromatic carbocycles. The Labute approximate surface area is 190 Å². The smallest absolute Gasteiger partial charge is 0.371 e. The number of benzene rings is 2. The van der Waals surface area contributed by atoms with E-state index >= 15 is 0 Å². The van der Waals surface area contributed by atoms with Crippen molar-refractivity contribution in [3.63, 3.8) is 0 Å². The van der Waals surface area contributed by atoms with Crippen LogP contribution in [0.1, 0.15) is 28.0 Å². The zero-order valence-electron chi connectivity index (χ0n) is 17.8. The van der Waals surface area contributed by atoms with Gasteiger partial charge in [0.2, 0.25) is 5.76 Å². The highest BCUT2D eigenvalue weighted by atomic mass is 16.5. The third-order valence-corrected chi connectivity index (χ3v) is 4.85. The molecule has 2 N–H and O–H groups in total. The summed E-state index contributed by atoms with van der Waals surface area (Å²) in [5.41, 5.74) is -0.867. The van der Waals surface area contributed by atoms with Crippen LogP contribution in [0.3, 0.4) is 0 Å². The van der Waals surface area contributed by atoms with Crippen LogP contribution in [0.4, 0.5) is 0 Å². The Kier molecular flexibility index (Phi) is 6.15. The van der Waals surface area contributed by atoms with E-state index in [0.717, 1.165) is 12.1 Å². The summed E-state index contributed by atoms with van der Waals surface area (Å²) in [6.07, 6.45) is -1.15. The van der Waals surface area contributed by atoms with Crippen molar-refractivity contribution in [3.8, 4) is 11.5 Å². The minimum Gasteiger partial charge on any atom is -0.490 e. The number of Topliss-reactive ketones (excluding diaryl/α,β-unsaturated/α-hetero) is 1. The van der Waals surface area contributed by atoms with Gasteiger partial charge in [0.05, 0.1) is 0 Å². The lowest BCUT2D eigenvalue weighted by molar-refractivity contribution is 0.0636. The van der Waals surface area contributed by atoms with E-state index in [9.17, 15) is 24.3 Å². The molecule has 1 atom stereocenters. The Balaban J connectivity index is 1.49. The van der Waals surface area contributed by atoms with E-state index in [0.29, 0.717) is 0 Å². The van der Waals surface area contributed by atoms with Gasteiger partial charge in [-0.1, -0.05) is 12.1 Å². The molecular formula is C24H18O10. The molecule has 1 unspecified atom stereocenters. The summed E-state index contributed by atoms with van der Waals surface area (Å²) in [5.74, 6) is -2.08. The highest BCUT2D eigenvalue weighted by molar-refractivity contribution is 5.94. The molecule has 34 heavy (non-hydrogen) atoms. The molecular weight excluding hydrogens is 448 g/mol. The van der Waals surface area contributed by atoms with Crippen molar-refractivity contribution < 1.29 is 38.1 Å². The first kappa shape index (κ1) is 22.7. The van der Waals surface area contributed by atoms with E-state index in [1.54, 1.807) is 6.07 Å². The standard InChI is InChI=1S/C24H18O10/c1-12(25)20-8-14(27)22-16(4-2-6-18(22)33-20)31-10-13(26)11-32-17-5-3-7-19-23(17)15(28)9-21(34-19)24(29)30/h2-9,13,26H,10-11H2,1H3,(H,29,30). The van der Waals surface area contributed by atoms with Gasteiger partial charge < -0.3 is 28.5 Å². The first-order chi connectivity index (χ1) is 16.2. The number of carbonyl (C=O) groups is 2. The van der Waals surface area contributed by atoms with Gasteiger partial charge in [-0.2, -0.15) is 0 Å². The van der Waals surface area contributed by atoms with Gasteiger partial charge in [0.25, 0.3) is 0 Å². The molecule has 2 heterocycles. The van der Waals surface area contributed by atoms with Gasteiger partial charge in [-0.15, -0.1) is 0 Å². The summed E-state index contributed by atoms with van der Waals surface area (Å²) in [7, 11) is 0. The lowest BCUT2D eigenvalue weighted by atomic mass is 10.2. The van der Waals surface area contributed by atoms with Crippen molar-refractivity contribution in [1.29, 1.82) is 0 Å². The van der Waals surface area contributed by atoms with E-state index in [1.807, 2.05) is 0 Å². The zero-order valence-corrected chi connectivity index (χ0v) is 17.8. The number of carbonyl (C=O) groups excluding carboxylic acids is 1. The number of hydrogen-bond acceptors (Lipinski definition) is 9. The molecule has 0 bridgehead atoms. The second-order valence-corrected chi connectivity index (χ2v) is 7.35. The van der Waals surface area contributed by atoms with E-state index in [2.05, 4.69) is 0 Å². The number of aliphatic hydroxyl groups is 1. The predicted octanol–water partition coefficient (Wildman–Crippen LogP) is 2.62. The monoisotopic (exact) mass is 466 g/mol. The van der Waals surface area contributed by atoms with Crippen LogP contribution in [-0.4, -0.2) is 41.3 Å². The van der Waals surface area contributed by atoms with Gasteiger partial charge in [-0.3, -0.25) is 14.4 Å². The summed E-state index contributed by atoms with van der Waals surface area (Å²) in [4.78, 5) is 47.4. The number of aliphatic hydroxyl groups excluding tert-OH is 1. The van der Waals surface area contributed by atoms with Crippen molar-refractivity contribution in [1.82, 2.24) is 0 Å². The van der Waals surface area contributed by atoms with Crippen molar-refractivity contribution in [3.05, 3.63) is 80.5 Å². The van der Waals surface area contributed by atoms with Crippen LogP contribution >= 0.6 is 0 Å². The Morgan fingerprint density at radius 3 is 1.79 bits per heavy atom. The van der Waals surface area contributed by atoms with Crippen LogP contribution in [0.5, 0.6) is 11.5 Å². The van der Waals surface area contributed by atoms with Crippen molar-refractivity contribution >= 4 is 33.7 Å². The number of carboxylic acids is 1. The molecule has 0 aliphatic heterocycles. The lowest BCUT2D eigenvalue weighted by Crippen LogP contribution is -2.25. The predicted molar refractivity (Wildman–Crippen MR) is 119 cm³/mol. The third kappa shape index (κ3) is 4.52. The Hall–Kier alpha value is -4.44. The Morgan fingerprint density at radius 2 is 1.32 bits per heavy atom. The molecule has 0 radical (unpaired) electrons. The molecule has 0 aliphatic carbocycles. The fraction of sp³-hybridized carbons (Fsp3) is 0.167. The van der Waals surface area contributed by atoms with Crippen LogP contribution in [0, 0.1) is 0 Å². The van der Waals surface area contributed by atoms with E-state index in [1.165, 1.54) is 37.3 Å². The molecule has 174 valence electrons. The molecule has 4 aromatic rings. The molecule has 0 fully saturated rings. The van der Waals surface area contributed by atoms with Crippen molar-refractivity contribution in [2.75, 3.05) is 13.2 Å². The maximum absolute atomic E-state index is 12.4. The molecule has 10 nitrogen and oxygen atoms in total. The number of hydrogen-bond donors (Lipinski definition) is 2. The van der Waals surface area contributed by atoms with Crippen molar-refractivity contribution in [2.45, 2.75) is 13.0 Å². The van der Waals surface area contributed by atoms with E-state index in [-0.39, 0.29) is 58.2 Å². The van der Waals surface area contributed by atoms with Gasteiger partial charge in [-0.25, -0.2) is 4.79 Å². The number of ether oxygens (including phenoxy) is 2. The maximum Gasteiger partial charge on any atom is 0.371 e. The summed E-state index contributed by atoms with van der Waals surface area (Å²) in [6.45, 7) is 0.758. The average Bonchev–Trinajstić information content (AvgIpc) is 2.80. The molecule has 0 amide bonds. The van der Waals surface area contributed by atoms with Gasteiger partial charge in [-0.05, 0) is 24.3 Å². The van der Waals surface area contributed by atoms with Crippen LogP contribution in [0.15, 0.2) is 67.0 Å². The van der Waals surface area contributed by atoms with Gasteiger partial charge in [0, 0.05) is 19.1 Å². The number of aromatic carboxylic acids is 1. The normalized spacial score (nSPS) is 11.9. The Morgan fingerprint density at radius 1 is 0.853 bits per heavy atom. The second kappa shape index (κ2) is 9.20. The first-order valence-corrected chi connectivity index (χ1v) is 10.1. The minimum absolute atomic E-state index is 0.0283. The number of rotatable bonds is 8. The summed E-state index contributed by atoms with van der Waals surface area (Å²) in [6, 6.07) is 11.0. The topological polar surface area (TPSA) is 153 Å². The zero-order chi connectivity index (χ0) is 24.4. The van der Waals surface area contributed by atoms with Crippen LogP contribution in [0.25, 0.3) is 21.9 Å². The quantitative estimate of drug-likeness (QED) is 0.370. The van der Waals surface area contributed by atoms with Crippen molar-refractivity contribution in [2.24, 2.45) is 0 Å². The fourth-order valence-electron chi connectivity index (χ4n) is 3.30. The van der Waals surface area contributed by atoms with Gasteiger partial charge >= 0.3 is 5.97 Å². The van der Waals surface area contributed by atoms with Crippen LogP contribution < -0.4 is 20.3 Å². The fourth-order valence-corrected chi connectivity index (χ4v) is 3.30. The minimum atomic E-state index is -1.38. The maximum atomic E-state index is 12.4. The summed E-state index contributed by atoms with van der Waals surface area (Å²) >= 11 is 0. The average molecular weight is 466 g/mol.